The van der Waals surface area contributed by atoms with E-state index in [0.29, 0.717) is 26.3 Å². The Bertz CT molecular complexity index is 841. The lowest BCUT2D eigenvalue weighted by molar-refractivity contribution is -0.141. The topological polar surface area (TPSA) is 58.6 Å². The minimum absolute atomic E-state index is 0.0305. The SMILES string of the molecule is O=C(c1cnc(N2Cc3ccccc3C2)nc1C(F)(F)F)N1CCOCC1. The highest BCUT2D eigenvalue weighted by Gasteiger charge is 2.40. The Morgan fingerprint density at radius 2 is 1.70 bits per heavy atom. The highest BCUT2D eigenvalue weighted by molar-refractivity contribution is 5.95. The van der Waals surface area contributed by atoms with Crippen LogP contribution in [0.3, 0.4) is 0 Å². The molecule has 2 aromatic rings. The first-order valence-corrected chi connectivity index (χ1v) is 8.56. The molecule has 2 aliphatic heterocycles. The standard InChI is InChI=1S/C18H17F3N4O2/c19-18(20,21)15-14(16(26)24-5-7-27-8-6-24)9-22-17(23-15)25-10-12-3-1-2-4-13(12)11-25/h1-4,9H,5-8,10-11H2. The van der Waals surface area contributed by atoms with Crippen LogP contribution in [0.5, 0.6) is 0 Å². The van der Waals surface area contributed by atoms with Crippen molar-refractivity contribution >= 4 is 11.9 Å². The van der Waals surface area contributed by atoms with Crippen molar-refractivity contribution < 1.29 is 22.7 Å². The highest BCUT2D eigenvalue weighted by atomic mass is 19.4. The summed E-state index contributed by atoms with van der Waals surface area (Å²) in [5, 5.41) is 0. The monoisotopic (exact) mass is 378 g/mol. The molecule has 0 N–H and O–H groups in total. The van der Waals surface area contributed by atoms with Crippen LogP contribution in [0.4, 0.5) is 19.1 Å². The van der Waals surface area contributed by atoms with Crippen LogP contribution in [0.15, 0.2) is 30.5 Å². The molecule has 1 aromatic carbocycles. The molecule has 27 heavy (non-hydrogen) atoms. The van der Waals surface area contributed by atoms with E-state index in [1.165, 1.54) is 4.90 Å². The maximum Gasteiger partial charge on any atom is 0.434 e. The van der Waals surface area contributed by atoms with E-state index in [1.54, 1.807) is 4.90 Å². The summed E-state index contributed by atoms with van der Waals surface area (Å²) in [4.78, 5) is 23.4. The van der Waals surface area contributed by atoms with Gasteiger partial charge in [0.05, 0.1) is 18.8 Å². The molecule has 3 heterocycles. The molecule has 142 valence electrons. The number of nitrogens with zero attached hydrogens (tertiary/aromatic N) is 4. The van der Waals surface area contributed by atoms with Gasteiger partial charge >= 0.3 is 6.18 Å². The maximum absolute atomic E-state index is 13.6. The smallest absolute Gasteiger partial charge is 0.378 e. The molecule has 0 radical (unpaired) electrons. The molecule has 2 aliphatic rings. The summed E-state index contributed by atoms with van der Waals surface area (Å²) in [7, 11) is 0. The van der Waals surface area contributed by atoms with Gasteiger partial charge in [0.1, 0.15) is 0 Å². The second-order valence-corrected chi connectivity index (χ2v) is 6.46. The first kappa shape index (κ1) is 17.7. The Morgan fingerprint density at radius 1 is 1.07 bits per heavy atom. The first-order valence-electron chi connectivity index (χ1n) is 8.56. The minimum atomic E-state index is -4.75. The molecule has 6 nitrogen and oxygen atoms in total. The van der Waals surface area contributed by atoms with Crippen molar-refractivity contribution in [2.75, 3.05) is 31.2 Å². The summed E-state index contributed by atoms with van der Waals surface area (Å²) in [6.07, 6.45) is -3.76. The molecule has 4 rings (SSSR count). The summed E-state index contributed by atoms with van der Waals surface area (Å²) >= 11 is 0. The van der Waals surface area contributed by atoms with Gasteiger partial charge in [0.25, 0.3) is 5.91 Å². The first-order chi connectivity index (χ1) is 12.9. The number of carbonyl (C=O) groups is 1. The lowest BCUT2D eigenvalue weighted by Crippen LogP contribution is -2.41. The molecule has 1 amide bonds. The molecule has 0 aliphatic carbocycles. The molecule has 0 saturated carbocycles. The predicted molar refractivity (Wildman–Crippen MR) is 90.1 cm³/mol. The minimum Gasteiger partial charge on any atom is -0.378 e. The zero-order valence-corrected chi connectivity index (χ0v) is 14.4. The van der Waals surface area contributed by atoms with E-state index in [2.05, 4.69) is 9.97 Å². The summed E-state index contributed by atoms with van der Waals surface area (Å²) < 4.78 is 46.0. The van der Waals surface area contributed by atoms with Gasteiger partial charge in [0.2, 0.25) is 5.95 Å². The van der Waals surface area contributed by atoms with Crippen molar-refractivity contribution in [1.29, 1.82) is 0 Å². The van der Waals surface area contributed by atoms with E-state index < -0.39 is 23.3 Å². The number of fused-ring (bicyclic) bond motifs is 1. The van der Waals surface area contributed by atoms with Crippen molar-refractivity contribution in [2.45, 2.75) is 19.3 Å². The maximum atomic E-state index is 13.6. The van der Waals surface area contributed by atoms with Crippen molar-refractivity contribution in [3.63, 3.8) is 0 Å². The number of amides is 1. The number of alkyl halides is 3. The van der Waals surface area contributed by atoms with Crippen molar-refractivity contribution in [1.82, 2.24) is 14.9 Å². The highest BCUT2D eigenvalue weighted by Crippen LogP contribution is 2.33. The van der Waals surface area contributed by atoms with E-state index in [0.717, 1.165) is 17.3 Å². The van der Waals surface area contributed by atoms with E-state index in [4.69, 9.17) is 4.74 Å². The average molecular weight is 378 g/mol. The molecule has 9 heteroatoms. The summed E-state index contributed by atoms with van der Waals surface area (Å²) in [5.74, 6) is -0.751. The Kier molecular flexibility index (Phi) is 4.47. The summed E-state index contributed by atoms with van der Waals surface area (Å²) in [5.41, 5.74) is 0.344. The third kappa shape index (κ3) is 3.46. The zero-order valence-electron chi connectivity index (χ0n) is 14.4. The number of rotatable bonds is 2. The number of morpholine rings is 1. The van der Waals surface area contributed by atoms with Crippen LogP contribution < -0.4 is 4.90 Å². The molecule has 1 saturated heterocycles. The fourth-order valence-corrected chi connectivity index (χ4v) is 3.31. The van der Waals surface area contributed by atoms with E-state index in [1.807, 2.05) is 24.3 Å². The number of aromatic nitrogens is 2. The second-order valence-electron chi connectivity index (χ2n) is 6.46. The number of halogens is 3. The third-order valence-corrected chi connectivity index (χ3v) is 4.70. The van der Waals surface area contributed by atoms with Gasteiger partial charge < -0.3 is 14.5 Å². The Hall–Kier alpha value is -2.68. The fourth-order valence-electron chi connectivity index (χ4n) is 3.31. The third-order valence-electron chi connectivity index (χ3n) is 4.70. The zero-order chi connectivity index (χ0) is 19.0. The van der Waals surface area contributed by atoms with Crippen LogP contribution in [-0.4, -0.2) is 47.1 Å². The van der Waals surface area contributed by atoms with Gasteiger partial charge in [-0.25, -0.2) is 9.97 Å². The van der Waals surface area contributed by atoms with Gasteiger partial charge in [-0.2, -0.15) is 13.2 Å². The molecule has 0 atom stereocenters. The number of hydrogen-bond acceptors (Lipinski definition) is 5. The van der Waals surface area contributed by atoms with Gasteiger partial charge in [-0.05, 0) is 11.1 Å². The van der Waals surface area contributed by atoms with Crippen LogP contribution in [0.2, 0.25) is 0 Å². The van der Waals surface area contributed by atoms with Gasteiger partial charge in [-0.15, -0.1) is 0 Å². The molecule has 1 aromatic heterocycles. The fraction of sp³-hybridized carbons (Fsp3) is 0.389. The van der Waals surface area contributed by atoms with Gasteiger partial charge in [-0.1, -0.05) is 24.3 Å². The Labute approximate surface area is 153 Å². The van der Waals surface area contributed by atoms with Crippen LogP contribution in [0, 0.1) is 0 Å². The van der Waals surface area contributed by atoms with E-state index in [9.17, 15) is 18.0 Å². The number of benzene rings is 1. The summed E-state index contributed by atoms with van der Waals surface area (Å²) in [6, 6.07) is 7.62. The Morgan fingerprint density at radius 3 is 2.30 bits per heavy atom. The number of carbonyl (C=O) groups excluding carboxylic acids is 1. The normalized spacial score (nSPS) is 17.1. The van der Waals surface area contributed by atoms with Gasteiger partial charge in [0.15, 0.2) is 5.69 Å². The molecule has 1 fully saturated rings. The number of ether oxygens (including phenoxy) is 1. The van der Waals surface area contributed by atoms with Crippen LogP contribution in [0.1, 0.15) is 27.2 Å². The summed E-state index contributed by atoms with van der Waals surface area (Å²) in [6.45, 7) is 1.98. The van der Waals surface area contributed by atoms with Crippen LogP contribution in [-0.2, 0) is 24.0 Å². The van der Waals surface area contributed by atoms with Gasteiger partial charge in [-0.3, -0.25) is 4.79 Å². The molecule has 0 spiro atoms. The van der Waals surface area contributed by atoms with Crippen LogP contribution >= 0.6 is 0 Å². The lowest BCUT2D eigenvalue weighted by Gasteiger charge is -2.27. The average Bonchev–Trinajstić information content (AvgIpc) is 3.11. The lowest BCUT2D eigenvalue weighted by atomic mass is 10.1. The van der Waals surface area contributed by atoms with Crippen molar-refractivity contribution in [3.8, 4) is 0 Å². The largest absolute Gasteiger partial charge is 0.434 e. The number of hydrogen-bond donors (Lipinski definition) is 0. The molecule has 0 bridgehead atoms. The van der Waals surface area contributed by atoms with Crippen molar-refractivity contribution in [2.24, 2.45) is 0 Å². The molecular formula is C18H17F3N4O2. The quantitative estimate of drug-likeness (QED) is 0.804. The number of anilines is 1. The second kappa shape index (κ2) is 6.80. The van der Waals surface area contributed by atoms with E-state index >= 15 is 0 Å². The molecular weight excluding hydrogens is 361 g/mol. The Balaban J connectivity index is 1.65. The van der Waals surface area contributed by atoms with Crippen molar-refractivity contribution in [3.05, 3.63) is 52.8 Å². The van der Waals surface area contributed by atoms with E-state index in [-0.39, 0.29) is 19.0 Å². The van der Waals surface area contributed by atoms with Crippen LogP contribution in [0.25, 0.3) is 0 Å². The predicted octanol–water partition coefficient (Wildman–Crippen LogP) is 2.49. The van der Waals surface area contributed by atoms with Gasteiger partial charge in [0, 0.05) is 32.4 Å². The molecule has 0 unspecified atom stereocenters.